The van der Waals surface area contributed by atoms with Crippen LogP contribution in [0, 0.1) is 0 Å². The SMILES string of the molecule is CCc1cc(C(=O)O)c(NC(=O)c2cc(OC)cs2)s1. The van der Waals surface area contributed by atoms with E-state index in [0.717, 1.165) is 11.3 Å². The zero-order valence-corrected chi connectivity index (χ0v) is 12.6. The lowest BCUT2D eigenvalue weighted by molar-refractivity contribution is 0.0698. The summed E-state index contributed by atoms with van der Waals surface area (Å²) in [4.78, 5) is 24.6. The topological polar surface area (TPSA) is 75.6 Å². The third kappa shape index (κ3) is 3.00. The van der Waals surface area contributed by atoms with Crippen LogP contribution >= 0.6 is 22.7 Å². The molecule has 1 amide bonds. The molecule has 0 bridgehead atoms. The molecule has 20 heavy (non-hydrogen) atoms. The molecule has 0 aliphatic heterocycles. The van der Waals surface area contributed by atoms with Crippen molar-refractivity contribution in [3.05, 3.63) is 32.8 Å². The van der Waals surface area contributed by atoms with Gasteiger partial charge in [0.15, 0.2) is 0 Å². The number of ether oxygens (including phenoxy) is 1. The van der Waals surface area contributed by atoms with E-state index in [4.69, 9.17) is 9.84 Å². The summed E-state index contributed by atoms with van der Waals surface area (Å²) in [5.41, 5.74) is 0.128. The van der Waals surface area contributed by atoms with E-state index in [1.54, 1.807) is 17.5 Å². The van der Waals surface area contributed by atoms with Gasteiger partial charge in [-0.2, -0.15) is 0 Å². The summed E-state index contributed by atoms with van der Waals surface area (Å²) >= 11 is 2.53. The maximum atomic E-state index is 12.1. The molecular weight excluding hydrogens is 298 g/mol. The van der Waals surface area contributed by atoms with Crippen molar-refractivity contribution < 1.29 is 19.4 Å². The molecule has 0 atom stereocenters. The monoisotopic (exact) mass is 311 g/mol. The standard InChI is InChI=1S/C13H13NO4S2/c1-3-8-5-9(13(16)17)12(20-8)14-11(15)10-4-7(18-2)6-19-10/h4-6H,3H2,1-2H3,(H,14,15)(H,16,17). The first-order chi connectivity index (χ1) is 9.55. The minimum absolute atomic E-state index is 0.128. The van der Waals surface area contributed by atoms with E-state index in [0.29, 0.717) is 15.6 Å². The molecule has 2 N–H and O–H groups in total. The average Bonchev–Trinajstić information content (AvgIpc) is 3.04. The molecule has 2 rings (SSSR count). The Labute approximate surface area is 123 Å². The molecule has 7 heteroatoms. The highest BCUT2D eigenvalue weighted by molar-refractivity contribution is 7.17. The molecule has 0 aliphatic carbocycles. The number of aryl methyl sites for hydroxylation is 1. The lowest BCUT2D eigenvalue weighted by Crippen LogP contribution is -2.11. The van der Waals surface area contributed by atoms with Gasteiger partial charge in [-0.15, -0.1) is 22.7 Å². The number of carboxylic acids is 1. The van der Waals surface area contributed by atoms with Crippen molar-refractivity contribution in [2.75, 3.05) is 12.4 Å². The van der Waals surface area contributed by atoms with E-state index < -0.39 is 5.97 Å². The molecule has 2 heterocycles. The highest BCUT2D eigenvalue weighted by Gasteiger charge is 2.18. The molecule has 0 saturated carbocycles. The molecular formula is C13H13NO4S2. The van der Waals surface area contributed by atoms with Crippen LogP contribution in [0.1, 0.15) is 31.8 Å². The first-order valence-corrected chi connectivity index (χ1v) is 7.54. The lowest BCUT2D eigenvalue weighted by Gasteiger charge is -2.01. The van der Waals surface area contributed by atoms with Gasteiger partial charge in [0, 0.05) is 16.3 Å². The second-order valence-corrected chi connectivity index (χ2v) is 5.97. The van der Waals surface area contributed by atoms with Crippen LogP contribution < -0.4 is 10.1 Å². The van der Waals surface area contributed by atoms with Crippen molar-refractivity contribution in [3.8, 4) is 5.75 Å². The number of anilines is 1. The number of carbonyl (C=O) groups is 2. The van der Waals surface area contributed by atoms with Crippen LogP contribution in [0.4, 0.5) is 5.00 Å². The third-order valence-corrected chi connectivity index (χ3v) is 4.73. The summed E-state index contributed by atoms with van der Waals surface area (Å²) in [5, 5.41) is 13.9. The Bertz CT molecular complexity index is 645. The van der Waals surface area contributed by atoms with Gasteiger partial charge in [0.2, 0.25) is 0 Å². The minimum Gasteiger partial charge on any atom is -0.496 e. The Morgan fingerprint density at radius 2 is 2.15 bits per heavy atom. The maximum Gasteiger partial charge on any atom is 0.338 e. The Balaban J connectivity index is 2.22. The Morgan fingerprint density at radius 1 is 1.40 bits per heavy atom. The van der Waals surface area contributed by atoms with E-state index in [2.05, 4.69) is 5.32 Å². The number of amides is 1. The Hall–Kier alpha value is -1.86. The van der Waals surface area contributed by atoms with Gasteiger partial charge >= 0.3 is 5.97 Å². The molecule has 0 unspecified atom stereocenters. The smallest absolute Gasteiger partial charge is 0.338 e. The fraction of sp³-hybridized carbons (Fsp3) is 0.231. The molecule has 0 saturated heterocycles. The summed E-state index contributed by atoms with van der Waals surface area (Å²) < 4.78 is 5.02. The number of carbonyl (C=O) groups excluding carboxylic acids is 1. The molecule has 5 nitrogen and oxygen atoms in total. The van der Waals surface area contributed by atoms with Crippen molar-refractivity contribution in [2.24, 2.45) is 0 Å². The van der Waals surface area contributed by atoms with Crippen LogP contribution in [0.3, 0.4) is 0 Å². The quantitative estimate of drug-likeness (QED) is 0.888. The van der Waals surface area contributed by atoms with E-state index in [-0.39, 0.29) is 11.5 Å². The zero-order chi connectivity index (χ0) is 14.7. The molecule has 0 spiro atoms. The van der Waals surface area contributed by atoms with Crippen LogP contribution in [0.5, 0.6) is 5.75 Å². The Morgan fingerprint density at radius 3 is 2.70 bits per heavy atom. The number of thiophene rings is 2. The van der Waals surface area contributed by atoms with Gasteiger partial charge in [-0.05, 0) is 12.5 Å². The van der Waals surface area contributed by atoms with Crippen LogP contribution in [-0.2, 0) is 6.42 Å². The summed E-state index contributed by atoms with van der Waals surface area (Å²) in [6.45, 7) is 1.94. The van der Waals surface area contributed by atoms with Gasteiger partial charge in [-0.25, -0.2) is 4.79 Å². The van der Waals surface area contributed by atoms with Crippen molar-refractivity contribution in [3.63, 3.8) is 0 Å². The van der Waals surface area contributed by atoms with E-state index in [1.165, 1.54) is 29.8 Å². The Kier molecular flexibility index (Phi) is 4.41. The summed E-state index contributed by atoms with van der Waals surface area (Å²) in [7, 11) is 1.53. The lowest BCUT2D eigenvalue weighted by atomic mass is 10.2. The van der Waals surface area contributed by atoms with E-state index in [1.807, 2.05) is 6.92 Å². The normalized spacial score (nSPS) is 10.3. The summed E-state index contributed by atoms with van der Waals surface area (Å²) in [6.07, 6.45) is 0.730. The molecule has 2 aromatic rings. The zero-order valence-electron chi connectivity index (χ0n) is 10.9. The largest absolute Gasteiger partial charge is 0.496 e. The van der Waals surface area contributed by atoms with Crippen molar-refractivity contribution in [2.45, 2.75) is 13.3 Å². The van der Waals surface area contributed by atoms with Crippen molar-refractivity contribution in [1.29, 1.82) is 0 Å². The third-order valence-electron chi connectivity index (χ3n) is 2.62. The number of carboxylic acid groups (broad SMARTS) is 1. The number of nitrogens with one attached hydrogen (secondary N) is 1. The fourth-order valence-electron chi connectivity index (χ4n) is 1.58. The molecule has 0 radical (unpaired) electrons. The van der Waals surface area contributed by atoms with Gasteiger partial charge in [0.05, 0.1) is 17.6 Å². The van der Waals surface area contributed by atoms with Gasteiger partial charge in [0.25, 0.3) is 5.91 Å². The van der Waals surface area contributed by atoms with Gasteiger partial charge in [-0.3, -0.25) is 4.79 Å². The predicted octanol–water partition coefficient (Wildman–Crippen LogP) is 3.33. The fourth-order valence-corrected chi connectivity index (χ4v) is 3.31. The number of rotatable bonds is 5. The molecule has 0 aliphatic rings. The number of methoxy groups -OCH3 is 1. The second kappa shape index (κ2) is 6.06. The number of aromatic carboxylic acids is 1. The van der Waals surface area contributed by atoms with E-state index >= 15 is 0 Å². The van der Waals surface area contributed by atoms with Gasteiger partial charge in [0.1, 0.15) is 10.8 Å². The number of hydrogen-bond acceptors (Lipinski definition) is 5. The molecule has 2 aromatic heterocycles. The highest BCUT2D eigenvalue weighted by Crippen LogP contribution is 2.30. The van der Waals surface area contributed by atoms with Crippen molar-refractivity contribution >= 4 is 39.6 Å². The predicted molar refractivity (Wildman–Crippen MR) is 79.5 cm³/mol. The number of hydrogen-bond donors (Lipinski definition) is 2. The molecule has 106 valence electrons. The van der Waals surface area contributed by atoms with Crippen LogP contribution in [0.2, 0.25) is 0 Å². The van der Waals surface area contributed by atoms with Crippen LogP contribution in [0.15, 0.2) is 17.5 Å². The molecule has 0 aromatic carbocycles. The van der Waals surface area contributed by atoms with Crippen LogP contribution in [-0.4, -0.2) is 24.1 Å². The first-order valence-electron chi connectivity index (χ1n) is 5.85. The average molecular weight is 311 g/mol. The highest BCUT2D eigenvalue weighted by atomic mass is 32.1. The molecule has 0 fully saturated rings. The van der Waals surface area contributed by atoms with E-state index in [9.17, 15) is 9.59 Å². The van der Waals surface area contributed by atoms with Gasteiger partial charge < -0.3 is 15.2 Å². The summed E-state index contributed by atoms with van der Waals surface area (Å²) in [5.74, 6) is -0.760. The van der Waals surface area contributed by atoms with Gasteiger partial charge in [-0.1, -0.05) is 6.92 Å². The first kappa shape index (κ1) is 14.5. The second-order valence-electron chi connectivity index (χ2n) is 3.92. The minimum atomic E-state index is -1.04. The van der Waals surface area contributed by atoms with Crippen LogP contribution in [0.25, 0.3) is 0 Å². The maximum absolute atomic E-state index is 12.1. The van der Waals surface area contributed by atoms with Crippen molar-refractivity contribution in [1.82, 2.24) is 0 Å². The summed E-state index contributed by atoms with van der Waals surface area (Å²) in [6, 6.07) is 3.21.